The zero-order chi connectivity index (χ0) is 13.2. The van der Waals surface area contributed by atoms with E-state index in [1.165, 1.54) is 0 Å². The number of fused-ring (bicyclic) bond motifs is 2. The monoisotopic (exact) mass is 265 g/mol. The predicted octanol–water partition coefficient (Wildman–Crippen LogP) is 1.75. The van der Waals surface area contributed by atoms with Gasteiger partial charge in [-0.15, -0.1) is 6.58 Å². The molecule has 0 N–H and O–H groups in total. The van der Waals surface area contributed by atoms with E-state index in [-0.39, 0.29) is 12.0 Å². The number of nitrogens with zero attached hydrogens (tertiary/aromatic N) is 1. The maximum Gasteiger partial charge on any atom is 0.228 e. The molecular formula is C15H23NO3. The molecule has 3 rings (SSSR count). The average molecular weight is 265 g/mol. The SMILES string of the molecule is C=CCOC1CCN(C(=O)[C@H]2C[C@H]3CC[C@H]2O3)CC1. The number of likely N-dealkylation sites (tertiary alicyclic amines) is 1. The van der Waals surface area contributed by atoms with E-state index < -0.39 is 0 Å². The summed E-state index contributed by atoms with van der Waals surface area (Å²) in [4.78, 5) is 14.5. The molecule has 0 spiro atoms. The predicted molar refractivity (Wildman–Crippen MR) is 71.8 cm³/mol. The van der Waals surface area contributed by atoms with Gasteiger partial charge in [-0.1, -0.05) is 6.08 Å². The Balaban J connectivity index is 1.48. The van der Waals surface area contributed by atoms with Gasteiger partial charge in [0, 0.05) is 13.1 Å². The Bertz CT molecular complexity index is 349. The molecule has 0 aromatic rings. The summed E-state index contributed by atoms with van der Waals surface area (Å²) < 4.78 is 11.4. The van der Waals surface area contributed by atoms with Gasteiger partial charge in [0.25, 0.3) is 0 Å². The quantitative estimate of drug-likeness (QED) is 0.727. The van der Waals surface area contributed by atoms with Crippen molar-refractivity contribution in [2.24, 2.45) is 5.92 Å². The summed E-state index contributed by atoms with van der Waals surface area (Å²) in [7, 11) is 0. The molecule has 0 unspecified atom stereocenters. The standard InChI is InChI=1S/C15H23NO3/c1-2-9-18-11-5-7-16(8-6-11)15(17)13-10-12-3-4-14(13)19-12/h2,11-14H,1,3-10H2/t12-,13+,14-/m1/s1. The van der Waals surface area contributed by atoms with Crippen LogP contribution in [0.1, 0.15) is 32.1 Å². The highest BCUT2D eigenvalue weighted by Gasteiger charge is 2.45. The number of hydrogen-bond acceptors (Lipinski definition) is 3. The van der Waals surface area contributed by atoms with Gasteiger partial charge in [0.15, 0.2) is 0 Å². The van der Waals surface area contributed by atoms with Gasteiger partial charge in [-0.3, -0.25) is 4.79 Å². The normalized spacial score (nSPS) is 34.7. The van der Waals surface area contributed by atoms with Gasteiger partial charge in [0.1, 0.15) is 0 Å². The van der Waals surface area contributed by atoms with Crippen molar-refractivity contribution in [3.63, 3.8) is 0 Å². The summed E-state index contributed by atoms with van der Waals surface area (Å²) in [6, 6.07) is 0. The summed E-state index contributed by atoms with van der Waals surface area (Å²) in [5.41, 5.74) is 0. The molecule has 0 saturated carbocycles. The first kappa shape index (κ1) is 13.1. The van der Waals surface area contributed by atoms with E-state index in [9.17, 15) is 4.79 Å². The van der Waals surface area contributed by atoms with Crippen molar-refractivity contribution in [1.29, 1.82) is 0 Å². The van der Waals surface area contributed by atoms with Crippen LogP contribution in [-0.2, 0) is 14.3 Å². The molecule has 3 heterocycles. The lowest BCUT2D eigenvalue weighted by molar-refractivity contribution is -0.139. The second-order valence-corrected chi connectivity index (χ2v) is 5.86. The van der Waals surface area contributed by atoms with Crippen molar-refractivity contribution < 1.29 is 14.3 Å². The van der Waals surface area contributed by atoms with E-state index >= 15 is 0 Å². The number of hydrogen-bond donors (Lipinski definition) is 0. The Kier molecular flexibility index (Phi) is 3.89. The second-order valence-electron chi connectivity index (χ2n) is 5.86. The van der Waals surface area contributed by atoms with E-state index in [1.807, 2.05) is 4.90 Å². The third-order valence-electron chi connectivity index (χ3n) is 4.63. The smallest absolute Gasteiger partial charge is 0.228 e. The van der Waals surface area contributed by atoms with Gasteiger partial charge < -0.3 is 14.4 Å². The molecule has 4 nitrogen and oxygen atoms in total. The Labute approximate surface area is 114 Å². The number of rotatable bonds is 4. The summed E-state index contributed by atoms with van der Waals surface area (Å²) in [6.45, 7) is 5.92. The molecule has 4 heteroatoms. The molecule has 3 aliphatic heterocycles. The molecule has 0 aromatic heterocycles. The molecule has 19 heavy (non-hydrogen) atoms. The summed E-state index contributed by atoms with van der Waals surface area (Å²) in [5.74, 6) is 0.443. The fourth-order valence-electron chi connectivity index (χ4n) is 3.58. The Morgan fingerprint density at radius 2 is 2.11 bits per heavy atom. The minimum Gasteiger partial charge on any atom is -0.374 e. The molecule has 3 saturated heterocycles. The largest absolute Gasteiger partial charge is 0.374 e. The summed E-state index contributed by atoms with van der Waals surface area (Å²) in [6.07, 6.45) is 7.67. The zero-order valence-electron chi connectivity index (χ0n) is 11.4. The van der Waals surface area contributed by atoms with Crippen LogP contribution in [-0.4, -0.2) is 48.8 Å². The van der Waals surface area contributed by atoms with Gasteiger partial charge in [0.2, 0.25) is 5.91 Å². The van der Waals surface area contributed by atoms with Crippen molar-refractivity contribution in [2.75, 3.05) is 19.7 Å². The highest BCUT2D eigenvalue weighted by Crippen LogP contribution is 2.39. The molecule has 0 aromatic carbocycles. The lowest BCUT2D eigenvalue weighted by Gasteiger charge is -2.34. The Hall–Kier alpha value is -0.870. The third kappa shape index (κ3) is 2.70. The van der Waals surface area contributed by atoms with Gasteiger partial charge in [-0.25, -0.2) is 0 Å². The lowest BCUT2D eigenvalue weighted by Crippen LogP contribution is -2.45. The number of piperidine rings is 1. The molecule has 0 radical (unpaired) electrons. The van der Waals surface area contributed by atoms with E-state index in [0.717, 1.165) is 45.2 Å². The van der Waals surface area contributed by atoms with Gasteiger partial charge in [-0.2, -0.15) is 0 Å². The molecule has 1 amide bonds. The first-order valence-corrected chi connectivity index (χ1v) is 7.44. The van der Waals surface area contributed by atoms with E-state index in [2.05, 4.69) is 6.58 Å². The van der Waals surface area contributed by atoms with E-state index in [4.69, 9.17) is 9.47 Å². The van der Waals surface area contributed by atoms with Crippen LogP contribution in [0.15, 0.2) is 12.7 Å². The second kappa shape index (κ2) is 5.63. The molecule has 106 valence electrons. The number of ether oxygens (including phenoxy) is 2. The van der Waals surface area contributed by atoms with Crippen molar-refractivity contribution >= 4 is 5.91 Å². The van der Waals surface area contributed by atoms with Crippen molar-refractivity contribution in [1.82, 2.24) is 4.90 Å². The fourth-order valence-corrected chi connectivity index (χ4v) is 3.58. The van der Waals surface area contributed by atoms with Gasteiger partial charge in [-0.05, 0) is 32.1 Å². The zero-order valence-corrected chi connectivity index (χ0v) is 11.4. The molecule has 2 bridgehead atoms. The van der Waals surface area contributed by atoms with Crippen LogP contribution in [0.5, 0.6) is 0 Å². The summed E-state index contributed by atoms with van der Waals surface area (Å²) in [5, 5.41) is 0. The van der Waals surface area contributed by atoms with Crippen LogP contribution in [0, 0.1) is 5.92 Å². The van der Waals surface area contributed by atoms with Crippen LogP contribution in [0.3, 0.4) is 0 Å². The van der Waals surface area contributed by atoms with Crippen molar-refractivity contribution in [3.05, 3.63) is 12.7 Å². The summed E-state index contributed by atoms with van der Waals surface area (Å²) >= 11 is 0. The molecule has 3 fully saturated rings. The maximum absolute atomic E-state index is 12.5. The molecule has 3 aliphatic rings. The van der Waals surface area contributed by atoms with Gasteiger partial charge >= 0.3 is 0 Å². The number of carbonyl (C=O) groups is 1. The highest BCUT2D eigenvalue weighted by molar-refractivity contribution is 5.80. The van der Waals surface area contributed by atoms with Crippen LogP contribution in [0.25, 0.3) is 0 Å². The molecule has 0 aliphatic carbocycles. The van der Waals surface area contributed by atoms with Crippen molar-refractivity contribution in [3.8, 4) is 0 Å². The number of carbonyl (C=O) groups excluding carboxylic acids is 1. The average Bonchev–Trinajstić information content (AvgIpc) is 3.07. The van der Waals surface area contributed by atoms with E-state index in [1.54, 1.807) is 6.08 Å². The third-order valence-corrected chi connectivity index (χ3v) is 4.63. The highest BCUT2D eigenvalue weighted by atomic mass is 16.5. The van der Waals surface area contributed by atoms with Crippen LogP contribution < -0.4 is 0 Å². The van der Waals surface area contributed by atoms with E-state index in [0.29, 0.717) is 24.7 Å². The minimum absolute atomic E-state index is 0.129. The van der Waals surface area contributed by atoms with Crippen LogP contribution >= 0.6 is 0 Å². The maximum atomic E-state index is 12.5. The van der Waals surface area contributed by atoms with Crippen molar-refractivity contribution in [2.45, 2.75) is 50.4 Å². The first-order valence-electron chi connectivity index (χ1n) is 7.44. The molecule has 3 atom stereocenters. The minimum atomic E-state index is 0.129. The Morgan fingerprint density at radius 1 is 1.32 bits per heavy atom. The van der Waals surface area contributed by atoms with Crippen LogP contribution in [0.2, 0.25) is 0 Å². The first-order chi connectivity index (χ1) is 9.28. The number of amides is 1. The van der Waals surface area contributed by atoms with Crippen LogP contribution in [0.4, 0.5) is 0 Å². The topological polar surface area (TPSA) is 38.8 Å². The Morgan fingerprint density at radius 3 is 2.68 bits per heavy atom. The fraction of sp³-hybridized carbons (Fsp3) is 0.800. The lowest BCUT2D eigenvalue weighted by atomic mass is 9.87. The van der Waals surface area contributed by atoms with Gasteiger partial charge in [0.05, 0.1) is 30.8 Å². The molecular weight excluding hydrogens is 242 g/mol.